The minimum absolute atomic E-state index is 0.256. The van der Waals surface area contributed by atoms with Gasteiger partial charge < -0.3 is 15.7 Å². The first-order valence-electron chi connectivity index (χ1n) is 9.11. The van der Waals surface area contributed by atoms with E-state index in [2.05, 4.69) is 27.6 Å². The van der Waals surface area contributed by atoms with Gasteiger partial charge in [-0.3, -0.25) is 0 Å². The lowest BCUT2D eigenvalue weighted by molar-refractivity contribution is 0.275. The number of aromatic nitrogens is 2. The number of rotatable bonds is 5. The number of nitrogens with zero attached hydrogens (tertiary/aromatic N) is 2. The van der Waals surface area contributed by atoms with E-state index < -0.39 is 0 Å². The highest BCUT2D eigenvalue weighted by molar-refractivity contribution is 7.19. The summed E-state index contributed by atoms with van der Waals surface area (Å²) in [6.07, 6.45) is 9.62. The van der Waals surface area contributed by atoms with Crippen LogP contribution in [0, 0.1) is 0 Å². The van der Waals surface area contributed by atoms with Crippen molar-refractivity contribution >= 4 is 27.4 Å². The molecule has 0 amide bonds. The SMILES string of the molecule is CN[C@H]1CC[C@H](Nc2ncnc3sc4c(c23)[C@@H](CCO)CC4)CC1. The number of anilines is 1. The first-order chi connectivity index (χ1) is 11.8. The Hall–Kier alpha value is -1.24. The van der Waals surface area contributed by atoms with Crippen LogP contribution in [0.15, 0.2) is 6.33 Å². The molecule has 0 aromatic carbocycles. The maximum absolute atomic E-state index is 9.39. The van der Waals surface area contributed by atoms with E-state index in [-0.39, 0.29) is 6.61 Å². The van der Waals surface area contributed by atoms with Crippen LogP contribution >= 0.6 is 11.3 Å². The molecule has 0 saturated heterocycles. The van der Waals surface area contributed by atoms with Gasteiger partial charge in [0.05, 0.1) is 5.39 Å². The van der Waals surface area contributed by atoms with Crippen molar-refractivity contribution in [3.63, 3.8) is 0 Å². The number of nitrogens with one attached hydrogen (secondary N) is 2. The van der Waals surface area contributed by atoms with E-state index in [9.17, 15) is 5.11 Å². The average molecular weight is 347 g/mol. The largest absolute Gasteiger partial charge is 0.396 e. The average Bonchev–Trinajstić information content (AvgIpc) is 3.16. The van der Waals surface area contributed by atoms with Crippen molar-refractivity contribution in [3.8, 4) is 0 Å². The van der Waals surface area contributed by atoms with Crippen molar-refractivity contribution in [2.45, 2.75) is 62.9 Å². The van der Waals surface area contributed by atoms with Crippen LogP contribution in [-0.2, 0) is 6.42 Å². The van der Waals surface area contributed by atoms with Gasteiger partial charge in [-0.25, -0.2) is 9.97 Å². The molecule has 3 N–H and O–H groups in total. The molecule has 0 radical (unpaired) electrons. The smallest absolute Gasteiger partial charge is 0.138 e. The summed E-state index contributed by atoms with van der Waals surface area (Å²) >= 11 is 1.81. The Morgan fingerprint density at radius 3 is 2.71 bits per heavy atom. The molecule has 2 heterocycles. The van der Waals surface area contributed by atoms with Gasteiger partial charge in [0.1, 0.15) is 17.0 Å². The Balaban J connectivity index is 1.62. The number of thiophene rings is 1. The summed E-state index contributed by atoms with van der Waals surface area (Å²) in [5.41, 5.74) is 1.41. The lowest BCUT2D eigenvalue weighted by Crippen LogP contribution is -2.35. The van der Waals surface area contributed by atoms with Gasteiger partial charge in [-0.15, -0.1) is 11.3 Å². The molecule has 0 aliphatic heterocycles. The van der Waals surface area contributed by atoms with E-state index in [0.29, 0.717) is 18.0 Å². The lowest BCUT2D eigenvalue weighted by Gasteiger charge is -2.29. The third kappa shape index (κ3) is 2.91. The molecule has 0 spiro atoms. The molecule has 2 aromatic heterocycles. The fraction of sp³-hybridized carbons (Fsp3) is 0.667. The van der Waals surface area contributed by atoms with Crippen LogP contribution < -0.4 is 10.6 Å². The molecule has 2 aromatic rings. The fourth-order valence-electron chi connectivity index (χ4n) is 4.34. The second-order valence-corrected chi connectivity index (χ2v) is 8.15. The van der Waals surface area contributed by atoms with Gasteiger partial charge in [0.2, 0.25) is 0 Å². The summed E-state index contributed by atoms with van der Waals surface area (Å²) < 4.78 is 0. The molecule has 1 saturated carbocycles. The van der Waals surface area contributed by atoms with Gasteiger partial charge in [-0.1, -0.05) is 0 Å². The Labute approximate surface area is 146 Å². The van der Waals surface area contributed by atoms with E-state index in [1.165, 1.54) is 41.5 Å². The summed E-state index contributed by atoms with van der Waals surface area (Å²) in [7, 11) is 2.06. The zero-order valence-electron chi connectivity index (χ0n) is 14.2. The number of aryl methyl sites for hydroxylation is 1. The Bertz CT molecular complexity index is 708. The van der Waals surface area contributed by atoms with E-state index in [0.717, 1.165) is 29.9 Å². The van der Waals surface area contributed by atoms with E-state index in [4.69, 9.17) is 0 Å². The third-order valence-electron chi connectivity index (χ3n) is 5.68. The maximum Gasteiger partial charge on any atom is 0.138 e. The van der Waals surface area contributed by atoms with E-state index in [1.54, 1.807) is 6.33 Å². The van der Waals surface area contributed by atoms with Gasteiger partial charge in [0.15, 0.2) is 0 Å². The molecule has 130 valence electrons. The first kappa shape index (κ1) is 16.2. The van der Waals surface area contributed by atoms with Crippen LogP contribution in [0.25, 0.3) is 10.2 Å². The minimum Gasteiger partial charge on any atom is -0.396 e. The van der Waals surface area contributed by atoms with Gasteiger partial charge in [0, 0.05) is 23.6 Å². The molecule has 5 nitrogen and oxygen atoms in total. The fourth-order valence-corrected chi connectivity index (χ4v) is 5.58. The van der Waals surface area contributed by atoms with Gasteiger partial charge in [0.25, 0.3) is 0 Å². The summed E-state index contributed by atoms with van der Waals surface area (Å²) in [4.78, 5) is 11.7. The highest BCUT2D eigenvalue weighted by Crippen LogP contribution is 2.46. The van der Waals surface area contributed by atoms with Crippen molar-refractivity contribution in [1.29, 1.82) is 0 Å². The number of fused-ring (bicyclic) bond motifs is 3. The number of hydrogen-bond donors (Lipinski definition) is 3. The standard InChI is InChI=1S/C18H26N4OS/c1-19-12-3-5-13(6-4-12)22-17-16-15-11(8-9-23)2-7-14(15)24-18(16)21-10-20-17/h10-13,19,23H,2-9H2,1H3,(H,20,21,22)/t11-,12-,13-/m1/s1. The second kappa shape index (κ2) is 6.94. The molecule has 0 bridgehead atoms. The number of aliphatic hydroxyl groups excluding tert-OH is 1. The predicted molar refractivity (Wildman–Crippen MR) is 98.9 cm³/mol. The van der Waals surface area contributed by atoms with Crippen molar-refractivity contribution < 1.29 is 5.11 Å². The van der Waals surface area contributed by atoms with Gasteiger partial charge >= 0.3 is 0 Å². The molecule has 1 atom stereocenters. The van der Waals surface area contributed by atoms with Gasteiger partial charge in [-0.05, 0) is 63.5 Å². The molecular weight excluding hydrogens is 320 g/mol. The van der Waals surface area contributed by atoms with Gasteiger partial charge in [-0.2, -0.15) is 0 Å². The van der Waals surface area contributed by atoms with E-state index in [1.807, 2.05) is 11.3 Å². The summed E-state index contributed by atoms with van der Waals surface area (Å²) in [6.45, 7) is 0.256. The summed E-state index contributed by atoms with van der Waals surface area (Å²) in [5, 5.41) is 17.7. The lowest BCUT2D eigenvalue weighted by atomic mass is 9.91. The van der Waals surface area contributed by atoms with Crippen LogP contribution in [-0.4, -0.2) is 40.8 Å². The molecule has 24 heavy (non-hydrogen) atoms. The van der Waals surface area contributed by atoms with Crippen molar-refractivity contribution in [2.75, 3.05) is 19.0 Å². The molecule has 6 heteroatoms. The second-order valence-electron chi connectivity index (χ2n) is 7.07. The minimum atomic E-state index is 0.256. The van der Waals surface area contributed by atoms with Crippen molar-refractivity contribution in [2.24, 2.45) is 0 Å². The Morgan fingerprint density at radius 1 is 1.17 bits per heavy atom. The maximum atomic E-state index is 9.39. The van der Waals surface area contributed by atoms with Crippen LogP contribution in [0.4, 0.5) is 5.82 Å². The topological polar surface area (TPSA) is 70.1 Å². The van der Waals surface area contributed by atoms with Crippen molar-refractivity contribution in [1.82, 2.24) is 15.3 Å². The summed E-state index contributed by atoms with van der Waals surface area (Å²) in [5.74, 6) is 1.47. The zero-order chi connectivity index (χ0) is 16.5. The molecule has 2 aliphatic carbocycles. The number of hydrogen-bond acceptors (Lipinski definition) is 6. The zero-order valence-corrected chi connectivity index (χ0v) is 15.0. The molecule has 2 aliphatic rings. The Morgan fingerprint density at radius 2 is 1.96 bits per heavy atom. The summed E-state index contributed by atoms with van der Waals surface area (Å²) in [6, 6.07) is 1.16. The normalized spacial score (nSPS) is 26.7. The first-order valence-corrected chi connectivity index (χ1v) is 9.92. The highest BCUT2D eigenvalue weighted by atomic mass is 32.1. The van der Waals surface area contributed by atoms with Crippen molar-refractivity contribution in [3.05, 3.63) is 16.8 Å². The quantitative estimate of drug-likeness (QED) is 0.776. The highest BCUT2D eigenvalue weighted by Gasteiger charge is 2.30. The third-order valence-corrected chi connectivity index (χ3v) is 6.86. The molecular formula is C18H26N4OS. The predicted octanol–water partition coefficient (Wildman–Crippen LogP) is 3.05. The molecule has 4 rings (SSSR count). The van der Waals surface area contributed by atoms with E-state index >= 15 is 0 Å². The number of aliphatic hydroxyl groups is 1. The van der Waals surface area contributed by atoms with Crippen LogP contribution in [0.2, 0.25) is 0 Å². The van der Waals surface area contributed by atoms with Crippen LogP contribution in [0.1, 0.15) is 54.9 Å². The molecule has 1 fully saturated rings. The van der Waals surface area contributed by atoms with Crippen LogP contribution in [0.5, 0.6) is 0 Å². The van der Waals surface area contributed by atoms with Crippen LogP contribution in [0.3, 0.4) is 0 Å². The molecule has 0 unspecified atom stereocenters. The monoisotopic (exact) mass is 346 g/mol. The Kier molecular flexibility index (Phi) is 4.70.